The van der Waals surface area contributed by atoms with Crippen LogP contribution < -0.4 is 0 Å². The van der Waals surface area contributed by atoms with E-state index in [0.29, 0.717) is 16.1 Å². The molecule has 0 aliphatic carbocycles. The quantitative estimate of drug-likeness (QED) is 0.708. The molecule has 0 fully saturated rings. The zero-order valence-electron chi connectivity index (χ0n) is 7.54. The van der Waals surface area contributed by atoms with Crippen LogP contribution in [0.15, 0.2) is 30.6 Å². The second kappa shape index (κ2) is 3.42. The number of hydrogen-bond donors (Lipinski definition) is 0. The Morgan fingerprint density at radius 2 is 2.21 bits per heavy atom. The maximum atomic E-state index is 13.4. The highest BCUT2D eigenvalue weighted by atomic mass is 35.5. The minimum atomic E-state index is -0.328. The second-order valence-electron chi connectivity index (χ2n) is 3.00. The Labute approximate surface area is 85.9 Å². The monoisotopic (exact) mass is 210 g/mol. The molecule has 0 radical (unpaired) electrons. The van der Waals surface area contributed by atoms with E-state index in [0.717, 1.165) is 0 Å². The van der Waals surface area contributed by atoms with Crippen LogP contribution in [0.3, 0.4) is 0 Å². The number of aryl methyl sites for hydroxylation is 1. The van der Waals surface area contributed by atoms with Crippen LogP contribution in [0.2, 0.25) is 5.02 Å². The lowest BCUT2D eigenvalue weighted by atomic mass is 10.1. The van der Waals surface area contributed by atoms with E-state index in [9.17, 15) is 4.39 Å². The average Bonchev–Trinajstić information content (AvgIpc) is 2.51. The van der Waals surface area contributed by atoms with E-state index in [2.05, 4.69) is 5.10 Å². The molecule has 0 saturated carbocycles. The van der Waals surface area contributed by atoms with Crippen LogP contribution in [0.25, 0.3) is 11.1 Å². The Morgan fingerprint density at radius 1 is 1.43 bits per heavy atom. The van der Waals surface area contributed by atoms with Crippen molar-refractivity contribution in [3.05, 3.63) is 41.4 Å². The number of benzene rings is 1. The summed E-state index contributed by atoms with van der Waals surface area (Å²) in [6.07, 6.45) is 3.31. The molecule has 72 valence electrons. The summed E-state index contributed by atoms with van der Waals surface area (Å²) in [5, 5.41) is 4.37. The topological polar surface area (TPSA) is 17.8 Å². The Bertz CT molecular complexity index is 445. The predicted octanol–water partition coefficient (Wildman–Crippen LogP) is 2.88. The van der Waals surface area contributed by atoms with Gasteiger partial charge in [-0.3, -0.25) is 4.68 Å². The molecule has 4 heteroatoms. The number of rotatable bonds is 1. The lowest BCUT2D eigenvalue weighted by Gasteiger charge is -2.01. The minimum absolute atomic E-state index is 0.328. The van der Waals surface area contributed by atoms with Crippen LogP contribution in [0.5, 0.6) is 0 Å². The van der Waals surface area contributed by atoms with Crippen LogP contribution >= 0.6 is 11.6 Å². The maximum Gasteiger partial charge on any atom is 0.132 e. The van der Waals surface area contributed by atoms with E-state index in [1.54, 1.807) is 36.3 Å². The fraction of sp³-hybridized carbons (Fsp3) is 0.100. The van der Waals surface area contributed by atoms with Crippen LogP contribution in [0.1, 0.15) is 0 Å². The highest BCUT2D eigenvalue weighted by molar-refractivity contribution is 6.33. The molecule has 14 heavy (non-hydrogen) atoms. The number of halogens is 2. The van der Waals surface area contributed by atoms with Gasteiger partial charge in [0.25, 0.3) is 0 Å². The summed E-state index contributed by atoms with van der Waals surface area (Å²) in [7, 11) is 1.78. The van der Waals surface area contributed by atoms with Gasteiger partial charge in [-0.2, -0.15) is 5.10 Å². The van der Waals surface area contributed by atoms with Crippen LogP contribution in [-0.4, -0.2) is 9.78 Å². The molecule has 0 spiro atoms. The number of aromatic nitrogens is 2. The van der Waals surface area contributed by atoms with Crippen molar-refractivity contribution in [1.82, 2.24) is 9.78 Å². The highest BCUT2D eigenvalue weighted by Gasteiger charge is 2.10. The van der Waals surface area contributed by atoms with Gasteiger partial charge in [-0.25, -0.2) is 4.39 Å². The molecule has 0 aliphatic rings. The molecule has 1 aromatic heterocycles. The van der Waals surface area contributed by atoms with Crippen LogP contribution in [0.4, 0.5) is 4.39 Å². The van der Waals surface area contributed by atoms with Crippen LogP contribution in [0, 0.1) is 5.82 Å². The predicted molar refractivity (Wildman–Crippen MR) is 53.6 cm³/mol. The average molecular weight is 211 g/mol. The Balaban J connectivity index is 2.61. The number of hydrogen-bond acceptors (Lipinski definition) is 1. The first-order valence-corrected chi connectivity index (χ1v) is 4.49. The summed E-state index contributed by atoms with van der Waals surface area (Å²) in [5.41, 5.74) is 1.10. The van der Waals surface area contributed by atoms with Crippen molar-refractivity contribution in [2.45, 2.75) is 0 Å². The van der Waals surface area contributed by atoms with Crippen molar-refractivity contribution in [2.75, 3.05) is 0 Å². The zero-order valence-corrected chi connectivity index (χ0v) is 8.29. The van der Waals surface area contributed by atoms with E-state index in [4.69, 9.17) is 11.6 Å². The second-order valence-corrected chi connectivity index (χ2v) is 3.41. The smallest absolute Gasteiger partial charge is 0.132 e. The summed E-state index contributed by atoms with van der Waals surface area (Å²) >= 11 is 5.90. The van der Waals surface area contributed by atoms with Crippen molar-refractivity contribution in [3.8, 4) is 11.1 Å². The third kappa shape index (κ3) is 1.51. The van der Waals surface area contributed by atoms with Gasteiger partial charge in [-0.1, -0.05) is 17.7 Å². The summed E-state index contributed by atoms with van der Waals surface area (Å²) in [4.78, 5) is 0. The van der Waals surface area contributed by atoms with Gasteiger partial charge in [-0.05, 0) is 12.1 Å². The van der Waals surface area contributed by atoms with Crippen LogP contribution in [-0.2, 0) is 7.05 Å². The number of nitrogens with zero attached hydrogens (tertiary/aromatic N) is 2. The zero-order chi connectivity index (χ0) is 10.1. The first-order chi connectivity index (χ1) is 6.68. The standard InChI is InChI=1S/C10H8ClFN2/c1-14-6-7(5-13-14)10-8(11)3-2-4-9(10)12/h2-6H,1H3. The van der Waals surface area contributed by atoms with Crippen molar-refractivity contribution in [2.24, 2.45) is 7.05 Å². The van der Waals surface area contributed by atoms with Gasteiger partial charge in [0, 0.05) is 24.4 Å². The fourth-order valence-electron chi connectivity index (χ4n) is 1.32. The summed E-state index contributed by atoms with van der Waals surface area (Å²) in [6, 6.07) is 4.62. The molecule has 0 unspecified atom stereocenters. The molecule has 0 amide bonds. The molecule has 0 bridgehead atoms. The van der Waals surface area contributed by atoms with Gasteiger partial charge in [0.05, 0.1) is 11.2 Å². The third-order valence-corrected chi connectivity index (χ3v) is 2.27. The molecule has 2 aromatic rings. The van der Waals surface area contributed by atoms with E-state index >= 15 is 0 Å². The Kier molecular flexibility index (Phi) is 2.25. The van der Waals surface area contributed by atoms with Crippen molar-refractivity contribution in [1.29, 1.82) is 0 Å². The third-order valence-electron chi connectivity index (χ3n) is 1.96. The first kappa shape index (κ1) is 9.21. The highest BCUT2D eigenvalue weighted by Crippen LogP contribution is 2.29. The van der Waals surface area contributed by atoms with Crippen molar-refractivity contribution < 1.29 is 4.39 Å². The largest absolute Gasteiger partial charge is 0.275 e. The minimum Gasteiger partial charge on any atom is -0.275 e. The molecule has 0 saturated heterocycles. The molecule has 0 aliphatic heterocycles. The normalized spacial score (nSPS) is 10.5. The first-order valence-electron chi connectivity index (χ1n) is 4.11. The molecular formula is C10H8ClFN2. The van der Waals surface area contributed by atoms with E-state index in [1.807, 2.05) is 0 Å². The van der Waals surface area contributed by atoms with E-state index in [1.165, 1.54) is 6.07 Å². The van der Waals surface area contributed by atoms with Gasteiger partial charge in [-0.15, -0.1) is 0 Å². The maximum absolute atomic E-state index is 13.4. The van der Waals surface area contributed by atoms with Crippen molar-refractivity contribution >= 4 is 11.6 Å². The summed E-state index contributed by atoms with van der Waals surface area (Å²) < 4.78 is 15.0. The Hall–Kier alpha value is -1.35. The van der Waals surface area contributed by atoms with Gasteiger partial charge in [0.15, 0.2) is 0 Å². The van der Waals surface area contributed by atoms with E-state index < -0.39 is 0 Å². The molecule has 2 rings (SSSR count). The molecule has 0 N–H and O–H groups in total. The molecular weight excluding hydrogens is 203 g/mol. The SMILES string of the molecule is Cn1cc(-c2c(F)cccc2Cl)cn1. The van der Waals surface area contributed by atoms with Gasteiger partial charge in [0.2, 0.25) is 0 Å². The van der Waals surface area contributed by atoms with Gasteiger partial charge >= 0.3 is 0 Å². The van der Waals surface area contributed by atoms with Gasteiger partial charge in [0.1, 0.15) is 5.82 Å². The lowest BCUT2D eigenvalue weighted by Crippen LogP contribution is -1.85. The molecule has 2 nitrogen and oxygen atoms in total. The lowest BCUT2D eigenvalue weighted by molar-refractivity contribution is 0.631. The molecule has 1 aromatic carbocycles. The molecule has 1 heterocycles. The van der Waals surface area contributed by atoms with E-state index in [-0.39, 0.29) is 5.82 Å². The fourth-order valence-corrected chi connectivity index (χ4v) is 1.60. The molecule has 0 atom stereocenters. The summed E-state index contributed by atoms with van der Waals surface area (Å²) in [6.45, 7) is 0. The summed E-state index contributed by atoms with van der Waals surface area (Å²) in [5.74, 6) is -0.328. The van der Waals surface area contributed by atoms with Gasteiger partial charge < -0.3 is 0 Å². The Morgan fingerprint density at radius 3 is 2.79 bits per heavy atom. The van der Waals surface area contributed by atoms with Crippen molar-refractivity contribution in [3.63, 3.8) is 0 Å².